The van der Waals surface area contributed by atoms with Gasteiger partial charge in [-0.25, -0.2) is 4.79 Å². The first-order valence-electron chi connectivity index (χ1n) is 2.15. The third-order valence-corrected chi connectivity index (χ3v) is 0.523. The number of methoxy groups -OCH3 is 1. The van der Waals surface area contributed by atoms with Crippen LogP contribution in [0.5, 0.6) is 0 Å². The fourth-order valence-corrected chi connectivity index (χ4v) is 0.245. The molecule has 0 fully saturated rings. The molecule has 0 aromatic carbocycles. The number of ether oxygens (including phenoxy) is 1. The van der Waals surface area contributed by atoms with E-state index in [0.29, 0.717) is 6.61 Å². The van der Waals surface area contributed by atoms with Crippen LogP contribution in [0.4, 0.5) is 0 Å². The van der Waals surface area contributed by atoms with Crippen LogP contribution < -0.4 is 0 Å². The Morgan fingerprint density at radius 3 is 2.88 bits per heavy atom. The molecule has 0 heterocycles. The zero-order chi connectivity index (χ0) is 6.41. The minimum Gasteiger partial charge on any atom is -0.478 e. The highest BCUT2D eigenvalue weighted by molar-refractivity contribution is 5.79. The van der Waals surface area contributed by atoms with Gasteiger partial charge in [0.1, 0.15) is 0 Å². The highest BCUT2D eigenvalue weighted by atomic mass is 16.5. The number of hydrogen-bond donors (Lipinski definition) is 1. The molecule has 0 aromatic heterocycles. The molecule has 0 aliphatic heterocycles. The van der Waals surface area contributed by atoms with E-state index in [1.807, 2.05) is 0 Å². The molecule has 0 atom stereocenters. The normalized spacial score (nSPS) is 10.1. The number of carbonyl (C=O) groups is 1. The van der Waals surface area contributed by atoms with Crippen molar-refractivity contribution in [2.75, 3.05) is 13.7 Å². The van der Waals surface area contributed by atoms with Gasteiger partial charge in [0.2, 0.25) is 0 Å². The third kappa shape index (κ3) is 5.17. The number of hydrogen-bond acceptors (Lipinski definition) is 2. The smallest absolute Gasteiger partial charge is 0.328 e. The summed E-state index contributed by atoms with van der Waals surface area (Å²) in [6, 6.07) is 0. The van der Waals surface area contributed by atoms with Crippen LogP contribution in [0.25, 0.3) is 0 Å². The van der Waals surface area contributed by atoms with Crippen molar-refractivity contribution in [2.45, 2.75) is 0 Å². The molecule has 8 heavy (non-hydrogen) atoms. The number of rotatable bonds is 3. The van der Waals surface area contributed by atoms with Crippen LogP contribution in [0.2, 0.25) is 0 Å². The zero-order valence-corrected chi connectivity index (χ0v) is 4.63. The van der Waals surface area contributed by atoms with E-state index in [9.17, 15) is 4.79 Å². The quantitative estimate of drug-likeness (QED) is 0.538. The summed E-state index contributed by atoms with van der Waals surface area (Å²) >= 11 is 0. The highest BCUT2D eigenvalue weighted by Gasteiger charge is 1.81. The Morgan fingerprint density at radius 2 is 2.50 bits per heavy atom. The monoisotopic (exact) mass is 116 g/mol. The van der Waals surface area contributed by atoms with E-state index in [1.54, 1.807) is 0 Å². The summed E-state index contributed by atoms with van der Waals surface area (Å²) in [6.45, 7) is 0.353. The van der Waals surface area contributed by atoms with Gasteiger partial charge in [-0.05, 0) is 0 Å². The molecular weight excluding hydrogens is 108 g/mol. The molecule has 0 rings (SSSR count). The standard InChI is InChI=1S/C5H8O3/c1-8-4-2-3-5(6)7/h2-3H,4H2,1H3,(H,6,7)/b3-2-. The molecule has 0 radical (unpaired) electrons. The Bertz CT molecular complexity index is 95.8. The SMILES string of the molecule is COC/C=C\C(=O)O. The van der Waals surface area contributed by atoms with Gasteiger partial charge in [0, 0.05) is 13.2 Å². The van der Waals surface area contributed by atoms with Crippen molar-refractivity contribution < 1.29 is 14.6 Å². The maximum Gasteiger partial charge on any atom is 0.328 e. The average molecular weight is 116 g/mol. The lowest BCUT2D eigenvalue weighted by atomic mass is 10.5. The van der Waals surface area contributed by atoms with Gasteiger partial charge in [-0.15, -0.1) is 0 Å². The first-order chi connectivity index (χ1) is 3.77. The predicted molar refractivity (Wildman–Crippen MR) is 28.7 cm³/mol. The molecule has 0 aromatic rings. The molecule has 1 N–H and O–H groups in total. The number of carboxylic acids is 1. The maximum absolute atomic E-state index is 9.73. The Kier molecular flexibility index (Phi) is 3.88. The van der Waals surface area contributed by atoms with Crippen LogP contribution in [-0.4, -0.2) is 24.8 Å². The van der Waals surface area contributed by atoms with E-state index in [1.165, 1.54) is 13.2 Å². The van der Waals surface area contributed by atoms with Gasteiger partial charge < -0.3 is 9.84 Å². The second-order valence-electron chi connectivity index (χ2n) is 1.20. The van der Waals surface area contributed by atoms with Crippen molar-refractivity contribution >= 4 is 5.97 Å². The molecule has 0 saturated carbocycles. The number of carboxylic acid groups (broad SMARTS) is 1. The average Bonchev–Trinajstić information content (AvgIpc) is 1.66. The van der Waals surface area contributed by atoms with Crippen molar-refractivity contribution in [3.05, 3.63) is 12.2 Å². The summed E-state index contributed by atoms with van der Waals surface area (Å²) in [7, 11) is 1.51. The van der Waals surface area contributed by atoms with E-state index >= 15 is 0 Å². The first kappa shape index (κ1) is 7.17. The van der Waals surface area contributed by atoms with Crippen molar-refractivity contribution in [3.63, 3.8) is 0 Å². The molecular formula is C5H8O3. The molecule has 3 nitrogen and oxygen atoms in total. The predicted octanol–water partition coefficient (Wildman–Crippen LogP) is 0.274. The minimum atomic E-state index is -0.943. The molecule has 0 spiro atoms. The zero-order valence-electron chi connectivity index (χ0n) is 4.63. The Labute approximate surface area is 47.6 Å². The van der Waals surface area contributed by atoms with Crippen LogP contribution in [0, 0.1) is 0 Å². The topological polar surface area (TPSA) is 46.5 Å². The summed E-state index contributed by atoms with van der Waals surface area (Å²) < 4.78 is 4.54. The molecule has 3 heteroatoms. The summed E-state index contributed by atoms with van der Waals surface area (Å²) in [5.74, 6) is -0.943. The summed E-state index contributed by atoms with van der Waals surface area (Å²) in [5.41, 5.74) is 0. The van der Waals surface area contributed by atoms with Gasteiger partial charge >= 0.3 is 5.97 Å². The molecule has 0 saturated heterocycles. The first-order valence-corrected chi connectivity index (χ1v) is 2.15. The fourth-order valence-electron chi connectivity index (χ4n) is 0.245. The van der Waals surface area contributed by atoms with Crippen molar-refractivity contribution in [1.82, 2.24) is 0 Å². The third-order valence-electron chi connectivity index (χ3n) is 0.523. The molecule has 0 amide bonds. The number of aliphatic carboxylic acids is 1. The molecule has 46 valence electrons. The summed E-state index contributed by atoms with van der Waals surface area (Å²) in [5, 5.41) is 8.00. The van der Waals surface area contributed by atoms with Crippen molar-refractivity contribution in [2.24, 2.45) is 0 Å². The van der Waals surface area contributed by atoms with Crippen molar-refractivity contribution in [3.8, 4) is 0 Å². The lowest BCUT2D eigenvalue weighted by Gasteiger charge is -1.83. The van der Waals surface area contributed by atoms with Gasteiger partial charge in [0.15, 0.2) is 0 Å². The highest BCUT2D eigenvalue weighted by Crippen LogP contribution is 1.72. The van der Waals surface area contributed by atoms with Crippen LogP contribution in [0.15, 0.2) is 12.2 Å². The van der Waals surface area contributed by atoms with Gasteiger partial charge in [-0.3, -0.25) is 0 Å². The molecule has 0 aliphatic rings. The van der Waals surface area contributed by atoms with Gasteiger partial charge in [0.25, 0.3) is 0 Å². The van der Waals surface area contributed by atoms with Crippen LogP contribution >= 0.6 is 0 Å². The lowest BCUT2D eigenvalue weighted by Crippen LogP contribution is -1.88. The van der Waals surface area contributed by atoms with Crippen LogP contribution in [0.3, 0.4) is 0 Å². The second kappa shape index (κ2) is 4.33. The second-order valence-corrected chi connectivity index (χ2v) is 1.20. The summed E-state index contributed by atoms with van der Waals surface area (Å²) in [6.07, 6.45) is 2.48. The van der Waals surface area contributed by atoms with Gasteiger partial charge in [-0.1, -0.05) is 6.08 Å². The summed E-state index contributed by atoms with van der Waals surface area (Å²) in [4.78, 5) is 9.73. The van der Waals surface area contributed by atoms with Gasteiger partial charge in [0.05, 0.1) is 6.61 Å². The maximum atomic E-state index is 9.73. The lowest BCUT2D eigenvalue weighted by molar-refractivity contribution is -0.131. The Morgan fingerprint density at radius 1 is 1.88 bits per heavy atom. The van der Waals surface area contributed by atoms with Crippen LogP contribution in [0.1, 0.15) is 0 Å². The van der Waals surface area contributed by atoms with Crippen LogP contribution in [-0.2, 0) is 9.53 Å². The van der Waals surface area contributed by atoms with E-state index in [-0.39, 0.29) is 0 Å². The van der Waals surface area contributed by atoms with E-state index in [4.69, 9.17) is 5.11 Å². The van der Waals surface area contributed by atoms with E-state index in [0.717, 1.165) is 6.08 Å². The minimum absolute atomic E-state index is 0.353. The largest absolute Gasteiger partial charge is 0.478 e. The fraction of sp³-hybridized carbons (Fsp3) is 0.400. The van der Waals surface area contributed by atoms with E-state index < -0.39 is 5.97 Å². The molecule has 0 bridgehead atoms. The Hall–Kier alpha value is -0.830. The van der Waals surface area contributed by atoms with Gasteiger partial charge in [-0.2, -0.15) is 0 Å². The molecule has 0 unspecified atom stereocenters. The van der Waals surface area contributed by atoms with E-state index in [2.05, 4.69) is 4.74 Å². The molecule has 0 aliphatic carbocycles. The Balaban J connectivity index is 3.20. The van der Waals surface area contributed by atoms with Crippen molar-refractivity contribution in [1.29, 1.82) is 0 Å².